The van der Waals surface area contributed by atoms with Crippen LogP contribution in [0.4, 0.5) is 5.69 Å². The van der Waals surface area contributed by atoms with Crippen molar-refractivity contribution in [3.8, 4) is 0 Å². The normalized spacial score (nSPS) is 19.6. The molecule has 1 aromatic rings. The molecule has 1 aromatic heterocycles. The molecule has 2 heterocycles. The number of aromatic nitrogens is 1. The Morgan fingerprint density at radius 1 is 1.50 bits per heavy atom. The molecule has 1 unspecified atom stereocenters. The number of nitrogens with one attached hydrogen (secondary N) is 1. The van der Waals surface area contributed by atoms with Gasteiger partial charge in [0.25, 0.3) is 0 Å². The van der Waals surface area contributed by atoms with E-state index in [-0.39, 0.29) is 0 Å². The summed E-state index contributed by atoms with van der Waals surface area (Å²) >= 11 is 0. The van der Waals surface area contributed by atoms with Crippen molar-refractivity contribution in [1.29, 1.82) is 0 Å². The van der Waals surface area contributed by atoms with E-state index in [1.807, 2.05) is 12.4 Å². The van der Waals surface area contributed by atoms with Crippen molar-refractivity contribution in [2.75, 3.05) is 31.2 Å². The molecule has 1 fully saturated rings. The van der Waals surface area contributed by atoms with E-state index in [9.17, 15) is 0 Å². The van der Waals surface area contributed by atoms with Crippen LogP contribution in [0.3, 0.4) is 0 Å². The Labute approximate surface area is 122 Å². The van der Waals surface area contributed by atoms with E-state index < -0.39 is 0 Å². The lowest BCUT2D eigenvalue weighted by molar-refractivity contribution is 0.0929. The van der Waals surface area contributed by atoms with Crippen molar-refractivity contribution in [2.24, 2.45) is 5.92 Å². The number of hydrogen-bond acceptors (Lipinski definition) is 4. The van der Waals surface area contributed by atoms with E-state index in [0.717, 1.165) is 39.3 Å². The molecule has 0 spiro atoms. The molecule has 0 aromatic carbocycles. The standard InChI is InChI=1S/C16H27N3O/c1-4-15-12-20-8-7-19(15)16-5-6-17-10-14(16)11-18-9-13(2)3/h5-6,10,13,15,18H,4,7-9,11-12H2,1-3H3. The summed E-state index contributed by atoms with van der Waals surface area (Å²) in [4.78, 5) is 6.77. The van der Waals surface area contributed by atoms with Gasteiger partial charge in [-0.2, -0.15) is 0 Å². The van der Waals surface area contributed by atoms with Gasteiger partial charge < -0.3 is 15.0 Å². The topological polar surface area (TPSA) is 37.4 Å². The Bertz CT molecular complexity index is 408. The first-order valence-corrected chi connectivity index (χ1v) is 7.70. The molecule has 20 heavy (non-hydrogen) atoms. The van der Waals surface area contributed by atoms with Crippen LogP contribution in [-0.4, -0.2) is 37.3 Å². The first-order chi connectivity index (χ1) is 9.72. The summed E-state index contributed by atoms with van der Waals surface area (Å²) in [5.74, 6) is 0.668. The Morgan fingerprint density at radius 2 is 2.35 bits per heavy atom. The molecule has 2 rings (SSSR count). The van der Waals surface area contributed by atoms with Crippen LogP contribution < -0.4 is 10.2 Å². The third-order valence-corrected chi connectivity index (χ3v) is 3.75. The van der Waals surface area contributed by atoms with E-state index in [1.54, 1.807) is 0 Å². The zero-order chi connectivity index (χ0) is 14.4. The van der Waals surface area contributed by atoms with Crippen molar-refractivity contribution < 1.29 is 4.74 Å². The zero-order valence-electron chi connectivity index (χ0n) is 12.9. The second kappa shape index (κ2) is 7.60. The van der Waals surface area contributed by atoms with Crippen molar-refractivity contribution >= 4 is 5.69 Å². The van der Waals surface area contributed by atoms with Gasteiger partial charge in [-0.15, -0.1) is 0 Å². The second-order valence-corrected chi connectivity index (χ2v) is 5.86. The Hall–Kier alpha value is -1.13. The third-order valence-electron chi connectivity index (χ3n) is 3.75. The van der Waals surface area contributed by atoms with Gasteiger partial charge in [-0.25, -0.2) is 0 Å². The van der Waals surface area contributed by atoms with Crippen LogP contribution in [0.1, 0.15) is 32.8 Å². The molecule has 4 heteroatoms. The molecular formula is C16H27N3O. The minimum absolute atomic E-state index is 0.481. The SMILES string of the molecule is CCC1COCCN1c1ccncc1CNCC(C)C. The molecule has 0 saturated carbocycles. The molecule has 112 valence electrons. The van der Waals surface area contributed by atoms with E-state index in [1.165, 1.54) is 11.3 Å². The molecule has 4 nitrogen and oxygen atoms in total. The lowest BCUT2D eigenvalue weighted by atomic mass is 10.1. The Kier molecular flexibility index (Phi) is 5.80. The lowest BCUT2D eigenvalue weighted by Gasteiger charge is -2.38. The maximum absolute atomic E-state index is 5.60. The molecular weight excluding hydrogens is 250 g/mol. The quantitative estimate of drug-likeness (QED) is 0.866. The summed E-state index contributed by atoms with van der Waals surface area (Å²) < 4.78 is 5.60. The van der Waals surface area contributed by atoms with Crippen LogP contribution in [-0.2, 0) is 11.3 Å². The summed E-state index contributed by atoms with van der Waals surface area (Å²) in [6, 6.07) is 2.62. The summed E-state index contributed by atoms with van der Waals surface area (Å²) in [7, 11) is 0. The van der Waals surface area contributed by atoms with E-state index >= 15 is 0 Å². The van der Waals surface area contributed by atoms with Gasteiger partial charge in [-0.3, -0.25) is 4.98 Å². The first kappa shape index (κ1) is 15.3. The van der Waals surface area contributed by atoms with Crippen LogP contribution in [0, 0.1) is 5.92 Å². The summed E-state index contributed by atoms with van der Waals surface area (Å²) in [6.45, 7) is 11.2. The van der Waals surface area contributed by atoms with Crippen molar-refractivity contribution in [3.05, 3.63) is 24.0 Å². The molecule has 1 N–H and O–H groups in total. The molecule has 1 aliphatic heterocycles. The molecule has 0 radical (unpaired) electrons. The van der Waals surface area contributed by atoms with Gasteiger partial charge in [0.1, 0.15) is 0 Å². The van der Waals surface area contributed by atoms with Crippen LogP contribution in [0.2, 0.25) is 0 Å². The third kappa shape index (κ3) is 3.93. The van der Waals surface area contributed by atoms with E-state index in [2.05, 4.69) is 42.0 Å². The zero-order valence-corrected chi connectivity index (χ0v) is 12.9. The number of pyridine rings is 1. The average Bonchev–Trinajstić information content (AvgIpc) is 2.47. The number of nitrogens with zero attached hydrogens (tertiary/aromatic N) is 2. The minimum Gasteiger partial charge on any atom is -0.377 e. The number of morpholine rings is 1. The fraction of sp³-hybridized carbons (Fsp3) is 0.688. The van der Waals surface area contributed by atoms with Crippen LogP contribution >= 0.6 is 0 Å². The first-order valence-electron chi connectivity index (χ1n) is 7.70. The Balaban J connectivity index is 2.09. The van der Waals surface area contributed by atoms with Crippen molar-refractivity contribution in [3.63, 3.8) is 0 Å². The summed E-state index contributed by atoms with van der Waals surface area (Å²) in [6.07, 6.45) is 5.00. The van der Waals surface area contributed by atoms with Gasteiger partial charge in [0.15, 0.2) is 0 Å². The number of ether oxygens (including phenoxy) is 1. The predicted octanol–water partition coefficient (Wildman–Crippen LogP) is 2.44. The number of anilines is 1. The lowest BCUT2D eigenvalue weighted by Crippen LogP contribution is -2.45. The van der Waals surface area contributed by atoms with Gasteiger partial charge in [0.2, 0.25) is 0 Å². The number of rotatable bonds is 6. The van der Waals surface area contributed by atoms with Gasteiger partial charge >= 0.3 is 0 Å². The van der Waals surface area contributed by atoms with Gasteiger partial charge in [0.05, 0.1) is 19.3 Å². The molecule has 1 saturated heterocycles. The summed E-state index contributed by atoms with van der Waals surface area (Å²) in [5, 5.41) is 3.52. The second-order valence-electron chi connectivity index (χ2n) is 5.86. The maximum atomic E-state index is 5.60. The minimum atomic E-state index is 0.481. The van der Waals surface area contributed by atoms with E-state index in [0.29, 0.717) is 12.0 Å². The van der Waals surface area contributed by atoms with Crippen molar-refractivity contribution in [1.82, 2.24) is 10.3 Å². The molecule has 0 amide bonds. The highest BCUT2D eigenvalue weighted by atomic mass is 16.5. The highest BCUT2D eigenvalue weighted by Gasteiger charge is 2.23. The largest absolute Gasteiger partial charge is 0.377 e. The van der Waals surface area contributed by atoms with Gasteiger partial charge in [-0.1, -0.05) is 20.8 Å². The average molecular weight is 277 g/mol. The summed E-state index contributed by atoms with van der Waals surface area (Å²) in [5.41, 5.74) is 2.60. The molecule has 1 aliphatic rings. The monoisotopic (exact) mass is 277 g/mol. The number of hydrogen-bond donors (Lipinski definition) is 1. The van der Waals surface area contributed by atoms with Crippen molar-refractivity contribution in [2.45, 2.75) is 39.8 Å². The van der Waals surface area contributed by atoms with Crippen LogP contribution in [0.5, 0.6) is 0 Å². The fourth-order valence-corrected chi connectivity index (χ4v) is 2.64. The van der Waals surface area contributed by atoms with Crippen LogP contribution in [0.25, 0.3) is 0 Å². The maximum Gasteiger partial charge on any atom is 0.0670 e. The molecule has 0 bridgehead atoms. The van der Waals surface area contributed by atoms with Gasteiger partial charge in [0, 0.05) is 36.7 Å². The highest BCUT2D eigenvalue weighted by molar-refractivity contribution is 5.53. The Morgan fingerprint density at radius 3 is 3.10 bits per heavy atom. The fourth-order valence-electron chi connectivity index (χ4n) is 2.64. The smallest absolute Gasteiger partial charge is 0.0670 e. The molecule has 0 aliphatic carbocycles. The van der Waals surface area contributed by atoms with Gasteiger partial charge in [-0.05, 0) is 24.9 Å². The predicted molar refractivity (Wildman–Crippen MR) is 83.0 cm³/mol. The molecule has 1 atom stereocenters. The highest BCUT2D eigenvalue weighted by Crippen LogP contribution is 2.24. The van der Waals surface area contributed by atoms with E-state index in [4.69, 9.17) is 4.74 Å². The van der Waals surface area contributed by atoms with Crippen LogP contribution in [0.15, 0.2) is 18.5 Å².